The Labute approximate surface area is 233 Å². The number of thiophene rings is 2. The fraction of sp³-hybridized carbons (Fsp3) is 0.538. The maximum Gasteiger partial charge on any atom is 0.336 e. The van der Waals surface area contributed by atoms with Gasteiger partial charge in [-0.2, -0.15) is 22.7 Å². The van der Waals surface area contributed by atoms with E-state index in [2.05, 4.69) is 12.6 Å². The van der Waals surface area contributed by atoms with Gasteiger partial charge in [0.2, 0.25) is 0 Å². The summed E-state index contributed by atoms with van der Waals surface area (Å²) in [5, 5.41) is 32.2. The lowest BCUT2D eigenvalue weighted by Crippen LogP contribution is -2.11. The minimum absolute atomic E-state index is 0.0463. The summed E-state index contributed by atoms with van der Waals surface area (Å²) in [5.74, 6) is -1.17. The Bertz CT molecular complexity index is 830. The van der Waals surface area contributed by atoms with Crippen LogP contribution in [0.25, 0.3) is 0 Å². The van der Waals surface area contributed by atoms with Crippen LogP contribution in [0.5, 0.6) is 0 Å². The van der Waals surface area contributed by atoms with Gasteiger partial charge < -0.3 is 20.1 Å². The van der Waals surface area contributed by atoms with Crippen LogP contribution in [0.3, 0.4) is 0 Å². The molecule has 0 amide bonds. The predicted octanol–water partition coefficient (Wildman–Crippen LogP) is 6.02. The highest BCUT2D eigenvalue weighted by molar-refractivity contribution is 7.96. The van der Waals surface area contributed by atoms with Crippen molar-refractivity contribution >= 4 is 58.6 Å². The first kappa shape index (κ1) is 37.1. The summed E-state index contributed by atoms with van der Waals surface area (Å²) >= 11 is 6.47. The molecule has 0 aromatic carbocycles. The van der Waals surface area contributed by atoms with Gasteiger partial charge >= 0.3 is 11.9 Å². The third kappa shape index (κ3) is 22.8. The summed E-state index contributed by atoms with van der Waals surface area (Å²) < 4.78 is 4.70. The predicted molar refractivity (Wildman–Crippen MR) is 152 cm³/mol. The lowest BCUT2D eigenvalue weighted by Gasteiger charge is -2.02. The standard InChI is InChI=1S/C6H12O3.C6H12O.C5H4O2S.C5H4OS.C4H8OS/c1-5(6(7)8)3-4-9-2;7-5-6-3-1-2-4-6;6-5(7)4-1-2-8-3-4;6-3-5-1-2-7-4-5;1-3(2)4(5)6/h5H,3-4H2,1-2H3,(H,7,8);6-7H,1-5H2;1-3H,(H,6,7);1-4H;3H,1-2H3,(H,5,6). The van der Waals surface area contributed by atoms with E-state index in [4.69, 9.17) is 20.1 Å². The SMILES string of the molecule is CC(C)C(=O)S.COCCC(C)C(=O)O.O=C(O)c1ccsc1.O=Cc1ccsc1.OCC1CCCC1. The summed E-state index contributed by atoms with van der Waals surface area (Å²) in [6, 6.07) is 3.37. The normalized spacial score (nSPS) is 12.7. The Morgan fingerprint density at radius 2 is 1.62 bits per heavy atom. The molecule has 0 radical (unpaired) electrons. The number of aliphatic hydroxyl groups excluding tert-OH is 1. The number of aromatic carboxylic acids is 1. The number of carboxylic acids is 2. The average Bonchev–Trinajstić information content (AvgIpc) is 3.67. The van der Waals surface area contributed by atoms with E-state index in [1.165, 1.54) is 48.4 Å². The van der Waals surface area contributed by atoms with Gasteiger partial charge in [0.1, 0.15) is 0 Å². The van der Waals surface area contributed by atoms with Gasteiger partial charge in [-0.25, -0.2) is 4.79 Å². The molecule has 2 aromatic rings. The third-order valence-corrected chi connectivity index (χ3v) is 6.75. The Morgan fingerprint density at radius 3 is 1.86 bits per heavy atom. The van der Waals surface area contributed by atoms with Crippen molar-refractivity contribution in [1.29, 1.82) is 0 Å². The monoisotopic (exact) mass is 576 g/mol. The van der Waals surface area contributed by atoms with Crippen LogP contribution in [0.2, 0.25) is 0 Å². The number of thiol groups is 1. The molecule has 3 N–H and O–H groups in total. The molecule has 37 heavy (non-hydrogen) atoms. The molecule has 0 spiro atoms. The van der Waals surface area contributed by atoms with Crippen LogP contribution >= 0.6 is 35.3 Å². The van der Waals surface area contributed by atoms with Gasteiger partial charge in [0, 0.05) is 42.6 Å². The van der Waals surface area contributed by atoms with Gasteiger partial charge in [-0.3, -0.25) is 14.4 Å². The number of hydrogen-bond acceptors (Lipinski definition) is 8. The van der Waals surface area contributed by atoms with E-state index in [9.17, 15) is 19.2 Å². The average molecular weight is 577 g/mol. The molecule has 1 saturated carbocycles. The minimum Gasteiger partial charge on any atom is -0.481 e. The van der Waals surface area contributed by atoms with Crippen LogP contribution in [0.15, 0.2) is 33.7 Å². The van der Waals surface area contributed by atoms with E-state index >= 15 is 0 Å². The highest BCUT2D eigenvalue weighted by Crippen LogP contribution is 2.23. The van der Waals surface area contributed by atoms with E-state index < -0.39 is 11.9 Å². The van der Waals surface area contributed by atoms with E-state index in [0.717, 1.165) is 11.8 Å². The smallest absolute Gasteiger partial charge is 0.336 e. The van der Waals surface area contributed by atoms with E-state index in [1.54, 1.807) is 36.9 Å². The molecular weight excluding hydrogens is 536 g/mol. The lowest BCUT2D eigenvalue weighted by molar-refractivity contribution is -0.141. The maximum absolute atomic E-state index is 10.1. The second-order valence-electron chi connectivity index (χ2n) is 8.34. The van der Waals surface area contributed by atoms with Crippen molar-refractivity contribution in [1.82, 2.24) is 0 Å². The fourth-order valence-electron chi connectivity index (χ4n) is 2.34. The molecule has 2 aromatic heterocycles. The Hall–Kier alpha value is -2.05. The molecule has 11 heteroatoms. The number of carboxylic acid groups (broad SMARTS) is 2. The van der Waals surface area contributed by atoms with Gasteiger partial charge in [-0.05, 0) is 48.1 Å². The first-order chi connectivity index (χ1) is 17.5. The highest BCUT2D eigenvalue weighted by Gasteiger charge is 2.12. The number of carbonyl (C=O) groups excluding carboxylic acids is 2. The number of aliphatic carboxylic acids is 1. The Balaban J connectivity index is 0. The van der Waals surface area contributed by atoms with E-state index in [0.29, 0.717) is 31.1 Å². The van der Waals surface area contributed by atoms with Crippen LogP contribution in [-0.4, -0.2) is 59.0 Å². The largest absolute Gasteiger partial charge is 0.481 e. The second-order valence-corrected chi connectivity index (χ2v) is 10.3. The van der Waals surface area contributed by atoms with Crippen LogP contribution in [0, 0.1) is 17.8 Å². The number of hydrogen-bond donors (Lipinski definition) is 4. The number of ether oxygens (including phenoxy) is 1. The molecule has 0 aliphatic heterocycles. The third-order valence-electron chi connectivity index (χ3n) is 4.85. The first-order valence-electron chi connectivity index (χ1n) is 11.8. The molecule has 210 valence electrons. The molecule has 1 aliphatic carbocycles. The summed E-state index contributed by atoms with van der Waals surface area (Å²) in [5.41, 5.74) is 1.14. The van der Waals surface area contributed by atoms with Crippen molar-refractivity contribution in [2.45, 2.75) is 52.9 Å². The topological polar surface area (TPSA) is 138 Å². The van der Waals surface area contributed by atoms with Gasteiger partial charge in [0.05, 0.1) is 11.5 Å². The first-order valence-corrected chi connectivity index (χ1v) is 14.1. The minimum atomic E-state index is -0.855. The molecule has 1 atom stereocenters. The van der Waals surface area contributed by atoms with Gasteiger partial charge in [-0.15, -0.1) is 12.6 Å². The van der Waals surface area contributed by atoms with Crippen LogP contribution < -0.4 is 0 Å². The molecule has 0 bridgehead atoms. The van der Waals surface area contributed by atoms with Crippen LogP contribution in [0.4, 0.5) is 0 Å². The van der Waals surface area contributed by atoms with Crippen LogP contribution in [0.1, 0.15) is 73.6 Å². The van der Waals surface area contributed by atoms with Gasteiger partial charge in [0.15, 0.2) is 11.4 Å². The highest BCUT2D eigenvalue weighted by atomic mass is 32.1. The molecule has 8 nitrogen and oxygen atoms in total. The van der Waals surface area contributed by atoms with Crippen molar-refractivity contribution in [3.63, 3.8) is 0 Å². The zero-order valence-electron chi connectivity index (χ0n) is 21.9. The number of aliphatic hydroxyl groups is 1. The van der Waals surface area contributed by atoms with Crippen molar-refractivity contribution < 1.29 is 39.2 Å². The summed E-state index contributed by atoms with van der Waals surface area (Å²) in [7, 11) is 1.56. The van der Waals surface area contributed by atoms with Gasteiger partial charge in [0.25, 0.3) is 0 Å². The number of methoxy groups -OCH3 is 1. The zero-order valence-corrected chi connectivity index (χ0v) is 24.4. The maximum atomic E-state index is 10.1. The lowest BCUT2D eigenvalue weighted by atomic mass is 10.1. The van der Waals surface area contributed by atoms with Crippen molar-refractivity contribution in [3.05, 3.63) is 44.8 Å². The number of rotatable bonds is 8. The summed E-state index contributed by atoms with van der Waals surface area (Å²) in [6.45, 7) is 6.24. The molecule has 2 heterocycles. The zero-order chi connectivity index (χ0) is 28.6. The van der Waals surface area contributed by atoms with Crippen molar-refractivity contribution in [3.8, 4) is 0 Å². The van der Waals surface area contributed by atoms with Crippen molar-refractivity contribution in [2.24, 2.45) is 17.8 Å². The van der Waals surface area contributed by atoms with Gasteiger partial charge in [-0.1, -0.05) is 33.6 Å². The Morgan fingerprint density at radius 1 is 1.08 bits per heavy atom. The van der Waals surface area contributed by atoms with E-state index in [1.807, 2.05) is 24.6 Å². The molecule has 0 saturated heterocycles. The quantitative estimate of drug-likeness (QED) is 0.221. The molecule has 1 aliphatic rings. The van der Waals surface area contributed by atoms with E-state index in [-0.39, 0.29) is 17.0 Å². The van der Waals surface area contributed by atoms with Crippen molar-refractivity contribution in [2.75, 3.05) is 20.3 Å². The summed E-state index contributed by atoms with van der Waals surface area (Å²) in [6.07, 6.45) is 6.63. The fourth-order valence-corrected chi connectivity index (χ4v) is 3.57. The molecular formula is C26H40O8S3. The molecule has 3 rings (SSSR count). The molecule has 1 unspecified atom stereocenters. The Kier molecular flexibility index (Phi) is 24.4. The number of aldehydes is 1. The molecule has 1 fully saturated rings. The second kappa shape index (κ2) is 24.3. The summed E-state index contributed by atoms with van der Waals surface area (Å²) in [4.78, 5) is 40.1. The number of carbonyl (C=O) groups is 4. The van der Waals surface area contributed by atoms with Crippen LogP contribution in [-0.2, 0) is 14.3 Å².